The minimum Gasteiger partial charge on any atom is -0.480 e. The molecule has 0 spiro atoms. The van der Waals surface area contributed by atoms with Gasteiger partial charge in [0.15, 0.2) is 0 Å². The number of nitrogens with zero attached hydrogens (tertiary/aromatic N) is 2. The molecular weight excluding hydrogens is 286 g/mol. The smallest absolute Gasteiger partial charge is 0.235 e. The SMILES string of the molecule is COc1nc2cc(C)c(NCc3cccc(C)c3)cc2nc1C. The summed E-state index contributed by atoms with van der Waals surface area (Å²) in [6, 6.07) is 12.6. The van der Waals surface area contributed by atoms with E-state index < -0.39 is 0 Å². The van der Waals surface area contributed by atoms with E-state index in [9.17, 15) is 0 Å². The molecule has 3 rings (SSSR count). The van der Waals surface area contributed by atoms with Crippen LogP contribution in [0.1, 0.15) is 22.4 Å². The van der Waals surface area contributed by atoms with E-state index >= 15 is 0 Å². The first kappa shape index (κ1) is 15.3. The molecule has 0 aliphatic heterocycles. The zero-order chi connectivity index (χ0) is 16.4. The van der Waals surface area contributed by atoms with Gasteiger partial charge in [-0.2, -0.15) is 0 Å². The van der Waals surface area contributed by atoms with Gasteiger partial charge in [-0.1, -0.05) is 29.8 Å². The van der Waals surface area contributed by atoms with Gasteiger partial charge in [0.25, 0.3) is 0 Å². The number of ether oxygens (including phenoxy) is 1. The lowest BCUT2D eigenvalue weighted by atomic mass is 10.1. The Morgan fingerprint density at radius 3 is 2.52 bits per heavy atom. The van der Waals surface area contributed by atoms with Gasteiger partial charge in [-0.05, 0) is 44.0 Å². The van der Waals surface area contributed by atoms with Crippen LogP contribution in [-0.4, -0.2) is 17.1 Å². The van der Waals surface area contributed by atoms with Crippen LogP contribution in [0.25, 0.3) is 11.0 Å². The third kappa shape index (κ3) is 3.26. The van der Waals surface area contributed by atoms with Crippen molar-refractivity contribution in [1.82, 2.24) is 9.97 Å². The van der Waals surface area contributed by atoms with Crippen molar-refractivity contribution in [3.8, 4) is 5.88 Å². The van der Waals surface area contributed by atoms with E-state index in [4.69, 9.17) is 4.74 Å². The van der Waals surface area contributed by atoms with Crippen molar-refractivity contribution in [2.45, 2.75) is 27.3 Å². The lowest BCUT2D eigenvalue weighted by molar-refractivity contribution is 0.394. The molecule has 1 N–H and O–H groups in total. The van der Waals surface area contributed by atoms with E-state index in [1.807, 2.05) is 13.0 Å². The molecule has 0 radical (unpaired) electrons. The fourth-order valence-corrected chi connectivity index (χ4v) is 2.68. The Morgan fingerprint density at radius 2 is 1.78 bits per heavy atom. The first-order chi connectivity index (χ1) is 11.1. The highest BCUT2D eigenvalue weighted by Crippen LogP contribution is 2.25. The van der Waals surface area contributed by atoms with Crippen LogP contribution in [0.3, 0.4) is 0 Å². The van der Waals surface area contributed by atoms with Gasteiger partial charge in [-0.3, -0.25) is 0 Å². The van der Waals surface area contributed by atoms with Crippen LogP contribution < -0.4 is 10.1 Å². The summed E-state index contributed by atoms with van der Waals surface area (Å²) in [6.07, 6.45) is 0. The minimum atomic E-state index is 0.581. The third-order valence-corrected chi connectivity index (χ3v) is 3.90. The van der Waals surface area contributed by atoms with E-state index in [1.165, 1.54) is 11.1 Å². The molecule has 23 heavy (non-hydrogen) atoms. The van der Waals surface area contributed by atoms with Crippen LogP contribution >= 0.6 is 0 Å². The first-order valence-corrected chi connectivity index (χ1v) is 7.69. The molecular formula is C19H21N3O. The zero-order valence-corrected chi connectivity index (χ0v) is 14.0. The molecule has 1 aromatic heterocycles. The van der Waals surface area contributed by atoms with Gasteiger partial charge < -0.3 is 10.1 Å². The van der Waals surface area contributed by atoms with E-state index in [1.54, 1.807) is 7.11 Å². The van der Waals surface area contributed by atoms with E-state index in [-0.39, 0.29) is 0 Å². The molecule has 0 atom stereocenters. The molecule has 0 fully saturated rings. The second-order valence-corrected chi connectivity index (χ2v) is 5.82. The highest BCUT2D eigenvalue weighted by Gasteiger charge is 2.08. The number of hydrogen-bond acceptors (Lipinski definition) is 4. The summed E-state index contributed by atoms with van der Waals surface area (Å²) in [6.45, 7) is 6.88. The second-order valence-electron chi connectivity index (χ2n) is 5.82. The lowest BCUT2D eigenvalue weighted by Crippen LogP contribution is -2.02. The molecule has 0 saturated carbocycles. The van der Waals surface area contributed by atoms with Crippen molar-refractivity contribution in [2.24, 2.45) is 0 Å². The molecule has 0 aliphatic carbocycles. The Labute approximate surface area is 136 Å². The Morgan fingerprint density at radius 1 is 1.00 bits per heavy atom. The average molecular weight is 307 g/mol. The van der Waals surface area contributed by atoms with Crippen LogP contribution in [0.5, 0.6) is 5.88 Å². The van der Waals surface area contributed by atoms with Crippen LogP contribution in [0, 0.1) is 20.8 Å². The molecule has 118 valence electrons. The maximum absolute atomic E-state index is 5.25. The third-order valence-electron chi connectivity index (χ3n) is 3.90. The average Bonchev–Trinajstić information content (AvgIpc) is 2.53. The van der Waals surface area contributed by atoms with Crippen molar-refractivity contribution in [1.29, 1.82) is 0 Å². The van der Waals surface area contributed by atoms with Gasteiger partial charge >= 0.3 is 0 Å². The first-order valence-electron chi connectivity index (χ1n) is 7.69. The van der Waals surface area contributed by atoms with E-state index in [2.05, 4.69) is 59.5 Å². The van der Waals surface area contributed by atoms with Gasteiger partial charge in [0, 0.05) is 12.2 Å². The van der Waals surface area contributed by atoms with E-state index in [0.717, 1.165) is 34.5 Å². The molecule has 2 aromatic carbocycles. The van der Waals surface area contributed by atoms with Crippen molar-refractivity contribution in [3.05, 3.63) is 58.8 Å². The highest BCUT2D eigenvalue weighted by molar-refractivity contribution is 5.81. The van der Waals surface area contributed by atoms with Crippen molar-refractivity contribution < 1.29 is 4.74 Å². The molecule has 0 bridgehead atoms. The van der Waals surface area contributed by atoms with Crippen LogP contribution in [0.2, 0.25) is 0 Å². The number of anilines is 1. The molecule has 1 heterocycles. The molecule has 4 heteroatoms. The van der Waals surface area contributed by atoms with Crippen molar-refractivity contribution >= 4 is 16.7 Å². The number of methoxy groups -OCH3 is 1. The number of aromatic nitrogens is 2. The van der Waals surface area contributed by atoms with Crippen molar-refractivity contribution in [3.63, 3.8) is 0 Å². The van der Waals surface area contributed by atoms with Gasteiger partial charge in [0.05, 0.1) is 18.1 Å². The summed E-state index contributed by atoms with van der Waals surface area (Å²) in [5, 5.41) is 3.50. The maximum Gasteiger partial charge on any atom is 0.235 e. The minimum absolute atomic E-state index is 0.581. The van der Waals surface area contributed by atoms with Crippen LogP contribution in [0.15, 0.2) is 36.4 Å². The molecule has 4 nitrogen and oxygen atoms in total. The number of rotatable bonds is 4. The van der Waals surface area contributed by atoms with Crippen LogP contribution in [0.4, 0.5) is 5.69 Å². The monoisotopic (exact) mass is 307 g/mol. The van der Waals surface area contributed by atoms with Gasteiger partial charge in [0.1, 0.15) is 5.69 Å². The van der Waals surface area contributed by atoms with Gasteiger partial charge in [-0.25, -0.2) is 9.97 Å². The molecule has 0 amide bonds. The maximum atomic E-state index is 5.25. The number of hydrogen-bond donors (Lipinski definition) is 1. The quantitative estimate of drug-likeness (QED) is 0.785. The predicted molar refractivity (Wildman–Crippen MR) is 94.1 cm³/mol. The summed E-state index contributed by atoms with van der Waals surface area (Å²) in [7, 11) is 1.62. The normalized spacial score (nSPS) is 10.8. The number of aryl methyl sites for hydroxylation is 3. The molecule has 0 aliphatic rings. The number of benzene rings is 2. The zero-order valence-electron chi connectivity index (χ0n) is 14.0. The largest absolute Gasteiger partial charge is 0.480 e. The summed E-state index contributed by atoms with van der Waals surface area (Å²) in [5.41, 5.74) is 7.29. The topological polar surface area (TPSA) is 47.0 Å². The lowest BCUT2D eigenvalue weighted by Gasteiger charge is -2.12. The van der Waals surface area contributed by atoms with E-state index in [0.29, 0.717) is 5.88 Å². The van der Waals surface area contributed by atoms with Gasteiger partial charge in [0.2, 0.25) is 5.88 Å². The molecule has 0 unspecified atom stereocenters. The standard InChI is InChI=1S/C19H21N3O/c1-12-6-5-7-15(8-12)11-20-16-10-18-17(9-13(16)2)22-19(23-4)14(3)21-18/h5-10,20H,11H2,1-4H3. The Bertz CT molecular complexity index is 859. The number of fused-ring (bicyclic) bond motifs is 1. The van der Waals surface area contributed by atoms with Gasteiger partial charge in [-0.15, -0.1) is 0 Å². The highest BCUT2D eigenvalue weighted by atomic mass is 16.5. The Hall–Kier alpha value is -2.62. The Kier molecular flexibility index (Phi) is 4.15. The predicted octanol–water partition coefficient (Wildman–Crippen LogP) is 4.18. The Balaban J connectivity index is 1.90. The second kappa shape index (κ2) is 6.24. The van der Waals surface area contributed by atoms with Crippen molar-refractivity contribution in [2.75, 3.05) is 12.4 Å². The summed E-state index contributed by atoms with van der Waals surface area (Å²) >= 11 is 0. The molecule has 3 aromatic rings. The summed E-state index contributed by atoms with van der Waals surface area (Å²) in [4.78, 5) is 9.10. The summed E-state index contributed by atoms with van der Waals surface area (Å²) in [5.74, 6) is 0.581. The summed E-state index contributed by atoms with van der Waals surface area (Å²) < 4.78 is 5.25. The fraction of sp³-hybridized carbons (Fsp3) is 0.263. The van der Waals surface area contributed by atoms with Crippen LogP contribution in [-0.2, 0) is 6.54 Å². The fourth-order valence-electron chi connectivity index (χ4n) is 2.68. The molecule has 0 saturated heterocycles. The number of nitrogens with one attached hydrogen (secondary N) is 1.